The minimum absolute atomic E-state index is 0.139. The number of hydrogen-bond donors (Lipinski definition) is 0. The van der Waals surface area contributed by atoms with Gasteiger partial charge in [-0.2, -0.15) is 0 Å². The fraction of sp³-hybridized carbons (Fsp3) is 0.333. The zero-order valence-corrected chi connectivity index (χ0v) is 14.8. The number of hydrogen-bond acceptors (Lipinski definition) is 5. The van der Waals surface area contributed by atoms with Gasteiger partial charge < -0.3 is 14.4 Å². The van der Waals surface area contributed by atoms with E-state index in [1.165, 1.54) is 0 Å². The van der Waals surface area contributed by atoms with Crippen molar-refractivity contribution in [3.8, 4) is 17.0 Å². The Hall–Kier alpha value is -2.38. The first-order chi connectivity index (χ1) is 12.2. The smallest absolute Gasteiger partial charge is 0.228 e. The number of morpholine rings is 1. The molecule has 3 aromatic rings. The van der Waals surface area contributed by atoms with Crippen molar-refractivity contribution in [1.29, 1.82) is 0 Å². The summed E-state index contributed by atoms with van der Waals surface area (Å²) in [6.07, 6.45) is 2.37. The Labute approximate surface area is 149 Å². The van der Waals surface area contributed by atoms with E-state index in [2.05, 4.69) is 4.98 Å². The predicted molar refractivity (Wildman–Crippen MR) is 96.2 cm³/mol. The number of methoxy groups -OCH3 is 1. The number of rotatable bonds is 4. The van der Waals surface area contributed by atoms with Crippen LogP contribution in [0.4, 0.5) is 0 Å². The van der Waals surface area contributed by atoms with Crippen molar-refractivity contribution in [3.63, 3.8) is 0 Å². The molecule has 0 unspecified atom stereocenters. The second-order valence-corrected chi connectivity index (χ2v) is 6.74. The maximum atomic E-state index is 12.5. The molecule has 7 heteroatoms. The minimum Gasteiger partial charge on any atom is -0.497 e. The molecule has 3 heterocycles. The maximum absolute atomic E-state index is 12.5. The Morgan fingerprint density at radius 3 is 3.00 bits per heavy atom. The van der Waals surface area contributed by atoms with E-state index in [0.29, 0.717) is 32.7 Å². The van der Waals surface area contributed by atoms with Crippen LogP contribution in [0.15, 0.2) is 35.8 Å². The van der Waals surface area contributed by atoms with Gasteiger partial charge in [-0.05, 0) is 12.1 Å². The Kier molecular flexibility index (Phi) is 4.42. The predicted octanol–water partition coefficient (Wildman–Crippen LogP) is 2.47. The van der Waals surface area contributed by atoms with Gasteiger partial charge >= 0.3 is 0 Å². The molecule has 6 nitrogen and oxygen atoms in total. The van der Waals surface area contributed by atoms with Crippen molar-refractivity contribution in [2.45, 2.75) is 6.42 Å². The highest BCUT2D eigenvalue weighted by molar-refractivity contribution is 7.15. The summed E-state index contributed by atoms with van der Waals surface area (Å²) < 4.78 is 12.6. The van der Waals surface area contributed by atoms with Crippen LogP contribution in [0, 0.1) is 0 Å². The summed E-state index contributed by atoms with van der Waals surface area (Å²) in [4.78, 5) is 19.9. The molecule has 1 aliphatic heterocycles. The maximum Gasteiger partial charge on any atom is 0.228 e. The van der Waals surface area contributed by atoms with Gasteiger partial charge in [0, 0.05) is 35.9 Å². The van der Waals surface area contributed by atoms with E-state index in [4.69, 9.17) is 9.47 Å². The molecule has 0 spiro atoms. The van der Waals surface area contributed by atoms with Crippen LogP contribution in [0.5, 0.6) is 5.75 Å². The second kappa shape index (κ2) is 6.85. The lowest BCUT2D eigenvalue weighted by molar-refractivity contribution is -0.134. The summed E-state index contributed by atoms with van der Waals surface area (Å²) in [6.45, 7) is 2.59. The number of aromatic nitrogens is 2. The van der Waals surface area contributed by atoms with Crippen LogP contribution in [0.25, 0.3) is 16.2 Å². The van der Waals surface area contributed by atoms with Crippen molar-refractivity contribution in [2.75, 3.05) is 33.4 Å². The van der Waals surface area contributed by atoms with Crippen LogP contribution in [0.1, 0.15) is 5.69 Å². The monoisotopic (exact) mass is 357 g/mol. The highest BCUT2D eigenvalue weighted by atomic mass is 32.1. The number of carbonyl (C=O) groups excluding carboxylic acids is 1. The fourth-order valence-corrected chi connectivity index (χ4v) is 3.83. The molecule has 130 valence electrons. The Morgan fingerprint density at radius 2 is 2.20 bits per heavy atom. The van der Waals surface area contributed by atoms with Gasteiger partial charge in [0.05, 0.1) is 32.4 Å². The lowest BCUT2D eigenvalue weighted by Gasteiger charge is -2.26. The molecule has 0 N–H and O–H groups in total. The molecule has 0 aliphatic carbocycles. The molecule has 25 heavy (non-hydrogen) atoms. The van der Waals surface area contributed by atoms with Gasteiger partial charge in [-0.25, -0.2) is 4.98 Å². The number of fused-ring (bicyclic) bond motifs is 1. The summed E-state index contributed by atoms with van der Waals surface area (Å²) in [6, 6.07) is 7.83. The topological polar surface area (TPSA) is 56.1 Å². The van der Waals surface area contributed by atoms with Crippen molar-refractivity contribution >= 4 is 22.2 Å². The van der Waals surface area contributed by atoms with Gasteiger partial charge in [0.15, 0.2) is 4.96 Å². The molecule has 1 saturated heterocycles. The molecular weight excluding hydrogens is 338 g/mol. The summed E-state index contributed by atoms with van der Waals surface area (Å²) >= 11 is 1.55. The minimum atomic E-state index is 0.139. The first kappa shape index (κ1) is 16.1. The van der Waals surface area contributed by atoms with Crippen molar-refractivity contribution < 1.29 is 14.3 Å². The van der Waals surface area contributed by atoms with E-state index in [1.54, 1.807) is 18.4 Å². The van der Waals surface area contributed by atoms with Crippen molar-refractivity contribution in [3.05, 3.63) is 41.5 Å². The average Bonchev–Trinajstić information content (AvgIpc) is 3.24. The normalized spacial score (nSPS) is 14.8. The van der Waals surface area contributed by atoms with Crippen molar-refractivity contribution in [2.24, 2.45) is 0 Å². The van der Waals surface area contributed by atoms with Crippen LogP contribution < -0.4 is 4.74 Å². The number of nitrogens with zero attached hydrogens (tertiary/aromatic N) is 3. The molecule has 0 bridgehead atoms. The molecule has 1 aliphatic rings. The fourth-order valence-electron chi connectivity index (χ4n) is 2.96. The third-order valence-electron chi connectivity index (χ3n) is 4.35. The number of imidazole rings is 1. The van der Waals surface area contributed by atoms with Gasteiger partial charge in [-0.1, -0.05) is 12.1 Å². The van der Waals surface area contributed by atoms with Gasteiger partial charge in [0.25, 0.3) is 0 Å². The third-order valence-corrected chi connectivity index (χ3v) is 5.23. The number of thiazole rings is 1. The summed E-state index contributed by atoms with van der Waals surface area (Å²) in [5.74, 6) is 0.941. The van der Waals surface area contributed by atoms with Gasteiger partial charge in [-0.15, -0.1) is 11.3 Å². The average molecular weight is 357 g/mol. The van der Waals surface area contributed by atoms with Crippen LogP contribution in [-0.2, 0) is 16.0 Å². The molecule has 1 amide bonds. The van der Waals surface area contributed by atoms with E-state index in [-0.39, 0.29) is 5.91 Å². The van der Waals surface area contributed by atoms with Gasteiger partial charge in [-0.3, -0.25) is 9.20 Å². The number of amides is 1. The Bertz CT molecular complexity index is 896. The van der Waals surface area contributed by atoms with E-state index < -0.39 is 0 Å². The quantitative estimate of drug-likeness (QED) is 0.720. The Balaban J connectivity index is 1.58. The molecule has 0 atom stereocenters. The highest BCUT2D eigenvalue weighted by Crippen LogP contribution is 2.26. The molecule has 1 aromatic carbocycles. The lowest BCUT2D eigenvalue weighted by Crippen LogP contribution is -2.41. The first-order valence-electron chi connectivity index (χ1n) is 8.20. The zero-order chi connectivity index (χ0) is 17.2. The standard InChI is InChI=1S/C18H19N3O3S/c1-23-15-4-2-3-13(9-15)16-11-21-14(12-25-18(21)19-16)10-17(22)20-5-7-24-8-6-20/h2-4,9,11-12H,5-8,10H2,1H3. The van der Waals surface area contributed by atoms with E-state index in [1.807, 2.05) is 45.1 Å². The summed E-state index contributed by atoms with van der Waals surface area (Å²) in [5, 5.41) is 2.01. The lowest BCUT2D eigenvalue weighted by atomic mass is 10.1. The van der Waals surface area contributed by atoms with E-state index >= 15 is 0 Å². The SMILES string of the molecule is COc1cccc(-c2cn3c(CC(=O)N4CCOCC4)csc3n2)c1. The van der Waals surface area contributed by atoms with Gasteiger partial charge in [0.1, 0.15) is 5.75 Å². The van der Waals surface area contributed by atoms with E-state index in [9.17, 15) is 4.79 Å². The number of carbonyl (C=O) groups is 1. The molecule has 4 rings (SSSR count). The first-order valence-corrected chi connectivity index (χ1v) is 9.08. The second-order valence-electron chi connectivity index (χ2n) is 5.91. The van der Waals surface area contributed by atoms with Crippen LogP contribution in [0.3, 0.4) is 0 Å². The summed E-state index contributed by atoms with van der Waals surface area (Å²) in [5.41, 5.74) is 2.85. The highest BCUT2D eigenvalue weighted by Gasteiger charge is 2.19. The largest absolute Gasteiger partial charge is 0.497 e. The number of benzene rings is 1. The van der Waals surface area contributed by atoms with Crippen LogP contribution in [0.2, 0.25) is 0 Å². The molecule has 0 radical (unpaired) electrons. The zero-order valence-electron chi connectivity index (χ0n) is 14.0. The van der Waals surface area contributed by atoms with Crippen molar-refractivity contribution in [1.82, 2.24) is 14.3 Å². The molecule has 1 fully saturated rings. The molecule has 2 aromatic heterocycles. The van der Waals surface area contributed by atoms with Crippen LogP contribution in [-0.4, -0.2) is 53.6 Å². The summed E-state index contributed by atoms with van der Waals surface area (Å²) in [7, 11) is 1.65. The molecular formula is C18H19N3O3S. The van der Waals surface area contributed by atoms with Crippen LogP contribution >= 0.6 is 11.3 Å². The van der Waals surface area contributed by atoms with E-state index in [0.717, 1.165) is 27.7 Å². The molecule has 0 saturated carbocycles. The van der Waals surface area contributed by atoms with Gasteiger partial charge in [0.2, 0.25) is 5.91 Å². The third kappa shape index (κ3) is 3.25. The number of ether oxygens (including phenoxy) is 2. The Morgan fingerprint density at radius 1 is 1.36 bits per heavy atom.